The summed E-state index contributed by atoms with van der Waals surface area (Å²) in [6.07, 6.45) is 0.692. The molecule has 0 aliphatic heterocycles. The molecule has 2 N–H and O–H groups in total. The molecule has 0 spiro atoms. The van der Waals surface area contributed by atoms with E-state index in [1.807, 2.05) is 30.3 Å². The van der Waals surface area contributed by atoms with Crippen molar-refractivity contribution in [3.8, 4) is 11.5 Å². The SMILES string of the molecule is COc1ccc(O)c(C(=O)OCC(=O)NCCc2ccccc2)c1. The Morgan fingerprint density at radius 2 is 1.88 bits per heavy atom. The van der Waals surface area contributed by atoms with E-state index >= 15 is 0 Å². The molecular formula is C18H19NO5. The van der Waals surface area contributed by atoms with Gasteiger partial charge in [-0.15, -0.1) is 0 Å². The van der Waals surface area contributed by atoms with E-state index in [9.17, 15) is 14.7 Å². The summed E-state index contributed by atoms with van der Waals surface area (Å²) in [6.45, 7) is 0.0368. The predicted octanol–water partition coefficient (Wildman–Crippen LogP) is 1.92. The lowest BCUT2D eigenvalue weighted by atomic mass is 10.1. The fraction of sp³-hybridized carbons (Fsp3) is 0.222. The Morgan fingerprint density at radius 1 is 1.12 bits per heavy atom. The number of phenolic OH excluding ortho intramolecular Hbond substituents is 1. The molecule has 0 radical (unpaired) electrons. The van der Waals surface area contributed by atoms with E-state index in [0.717, 1.165) is 5.56 Å². The van der Waals surface area contributed by atoms with Gasteiger partial charge < -0.3 is 19.9 Å². The smallest absolute Gasteiger partial charge is 0.342 e. The summed E-state index contributed by atoms with van der Waals surface area (Å²) in [5, 5.41) is 12.3. The van der Waals surface area contributed by atoms with Crippen molar-refractivity contribution in [2.45, 2.75) is 6.42 Å². The van der Waals surface area contributed by atoms with Crippen LogP contribution in [0.4, 0.5) is 0 Å². The first-order valence-corrected chi connectivity index (χ1v) is 7.45. The van der Waals surface area contributed by atoms with Crippen LogP contribution in [0.2, 0.25) is 0 Å². The highest BCUT2D eigenvalue weighted by Crippen LogP contribution is 2.23. The van der Waals surface area contributed by atoms with Crippen LogP contribution < -0.4 is 10.1 Å². The van der Waals surface area contributed by atoms with E-state index in [-0.39, 0.29) is 11.3 Å². The average molecular weight is 329 g/mol. The number of carbonyl (C=O) groups is 2. The average Bonchev–Trinajstić information content (AvgIpc) is 2.61. The minimum Gasteiger partial charge on any atom is -0.507 e. The second kappa shape index (κ2) is 8.57. The molecule has 0 aliphatic rings. The number of hydrogen-bond acceptors (Lipinski definition) is 5. The van der Waals surface area contributed by atoms with Crippen molar-refractivity contribution in [1.29, 1.82) is 0 Å². The zero-order valence-electron chi connectivity index (χ0n) is 13.3. The molecule has 126 valence electrons. The molecule has 0 heterocycles. The van der Waals surface area contributed by atoms with Gasteiger partial charge in [0.25, 0.3) is 5.91 Å². The third-order valence-electron chi connectivity index (χ3n) is 3.34. The molecule has 0 aromatic heterocycles. The zero-order valence-corrected chi connectivity index (χ0v) is 13.3. The number of aromatic hydroxyl groups is 1. The molecule has 2 aromatic rings. The van der Waals surface area contributed by atoms with Crippen LogP contribution in [0.25, 0.3) is 0 Å². The molecule has 0 atom stereocenters. The lowest BCUT2D eigenvalue weighted by Gasteiger charge is -2.08. The highest BCUT2D eigenvalue weighted by molar-refractivity contribution is 5.94. The fourth-order valence-electron chi connectivity index (χ4n) is 2.06. The van der Waals surface area contributed by atoms with Crippen molar-refractivity contribution in [2.24, 2.45) is 0 Å². The minimum absolute atomic E-state index is 0.0496. The Kier molecular flexibility index (Phi) is 6.19. The number of methoxy groups -OCH3 is 1. The summed E-state index contributed by atoms with van der Waals surface area (Å²) in [4.78, 5) is 23.6. The zero-order chi connectivity index (χ0) is 17.4. The van der Waals surface area contributed by atoms with Crippen LogP contribution in [-0.2, 0) is 16.0 Å². The summed E-state index contributed by atoms with van der Waals surface area (Å²) in [7, 11) is 1.45. The standard InChI is InChI=1S/C18H19NO5/c1-23-14-7-8-16(20)15(11-14)18(22)24-12-17(21)19-10-9-13-5-3-2-4-6-13/h2-8,11,20H,9-10,12H2,1H3,(H,19,21). The highest BCUT2D eigenvalue weighted by atomic mass is 16.5. The first-order chi connectivity index (χ1) is 11.6. The second-order valence-corrected chi connectivity index (χ2v) is 5.04. The quantitative estimate of drug-likeness (QED) is 0.758. The second-order valence-electron chi connectivity index (χ2n) is 5.04. The van der Waals surface area contributed by atoms with Crippen molar-refractivity contribution < 1.29 is 24.2 Å². The number of amides is 1. The summed E-state index contributed by atoms with van der Waals surface area (Å²) in [6, 6.07) is 13.9. The largest absolute Gasteiger partial charge is 0.507 e. The topological polar surface area (TPSA) is 84.9 Å². The van der Waals surface area contributed by atoms with Gasteiger partial charge in [0.1, 0.15) is 17.1 Å². The van der Waals surface area contributed by atoms with Gasteiger partial charge >= 0.3 is 5.97 Å². The van der Waals surface area contributed by atoms with Crippen molar-refractivity contribution in [3.05, 3.63) is 59.7 Å². The molecule has 0 unspecified atom stereocenters. The molecule has 2 aromatic carbocycles. The Hall–Kier alpha value is -3.02. The highest BCUT2D eigenvalue weighted by Gasteiger charge is 2.15. The lowest BCUT2D eigenvalue weighted by molar-refractivity contribution is -0.124. The van der Waals surface area contributed by atoms with E-state index in [4.69, 9.17) is 9.47 Å². The van der Waals surface area contributed by atoms with Crippen LogP contribution in [0.5, 0.6) is 11.5 Å². The lowest BCUT2D eigenvalue weighted by Crippen LogP contribution is -2.30. The number of hydrogen-bond donors (Lipinski definition) is 2. The number of ether oxygens (including phenoxy) is 2. The van der Waals surface area contributed by atoms with E-state index in [2.05, 4.69) is 5.32 Å². The Bertz CT molecular complexity index is 700. The molecule has 1 amide bonds. The maximum absolute atomic E-state index is 11.9. The number of esters is 1. The molecule has 6 heteroatoms. The molecule has 2 rings (SSSR count). The maximum Gasteiger partial charge on any atom is 0.342 e. The van der Waals surface area contributed by atoms with Crippen LogP contribution in [-0.4, -0.2) is 37.2 Å². The Balaban J connectivity index is 1.78. The third-order valence-corrected chi connectivity index (χ3v) is 3.34. The van der Waals surface area contributed by atoms with Crippen LogP contribution in [0, 0.1) is 0 Å². The summed E-state index contributed by atoms with van der Waals surface area (Å²) < 4.78 is 9.89. The summed E-state index contributed by atoms with van der Waals surface area (Å²) in [5.41, 5.74) is 1.06. The summed E-state index contributed by atoms with van der Waals surface area (Å²) in [5.74, 6) is -1.01. The van der Waals surface area contributed by atoms with Gasteiger partial charge in [-0.3, -0.25) is 4.79 Å². The van der Waals surface area contributed by atoms with Crippen molar-refractivity contribution in [2.75, 3.05) is 20.3 Å². The van der Waals surface area contributed by atoms with Gasteiger partial charge in [0.2, 0.25) is 0 Å². The third kappa shape index (κ3) is 5.01. The molecule has 0 fully saturated rings. The Morgan fingerprint density at radius 3 is 2.58 bits per heavy atom. The van der Waals surface area contributed by atoms with Gasteiger partial charge in [0.15, 0.2) is 6.61 Å². The first-order valence-electron chi connectivity index (χ1n) is 7.45. The van der Waals surface area contributed by atoms with E-state index in [1.165, 1.54) is 25.3 Å². The van der Waals surface area contributed by atoms with Crippen LogP contribution in [0.3, 0.4) is 0 Å². The number of benzene rings is 2. The number of rotatable bonds is 7. The molecular weight excluding hydrogens is 310 g/mol. The fourth-order valence-corrected chi connectivity index (χ4v) is 2.06. The maximum atomic E-state index is 11.9. The number of nitrogens with one attached hydrogen (secondary N) is 1. The molecule has 0 aliphatic carbocycles. The first kappa shape index (κ1) is 17.3. The van der Waals surface area contributed by atoms with E-state index in [1.54, 1.807) is 0 Å². The van der Waals surface area contributed by atoms with Gasteiger partial charge in [-0.2, -0.15) is 0 Å². The van der Waals surface area contributed by atoms with Gasteiger partial charge in [-0.25, -0.2) is 4.79 Å². The van der Waals surface area contributed by atoms with Crippen LogP contribution in [0.15, 0.2) is 48.5 Å². The predicted molar refractivity (Wildman–Crippen MR) is 88.1 cm³/mol. The van der Waals surface area contributed by atoms with E-state index in [0.29, 0.717) is 18.7 Å². The van der Waals surface area contributed by atoms with Gasteiger partial charge in [0, 0.05) is 6.54 Å². The molecule has 0 saturated carbocycles. The van der Waals surface area contributed by atoms with Crippen molar-refractivity contribution in [1.82, 2.24) is 5.32 Å². The normalized spacial score (nSPS) is 10.0. The van der Waals surface area contributed by atoms with Crippen LogP contribution in [0.1, 0.15) is 15.9 Å². The minimum atomic E-state index is -0.787. The van der Waals surface area contributed by atoms with E-state index < -0.39 is 18.5 Å². The molecule has 0 bridgehead atoms. The Labute approximate surface area is 140 Å². The number of carbonyl (C=O) groups excluding carboxylic acids is 2. The van der Waals surface area contributed by atoms with Crippen molar-refractivity contribution in [3.63, 3.8) is 0 Å². The summed E-state index contributed by atoms with van der Waals surface area (Å²) >= 11 is 0. The van der Waals surface area contributed by atoms with Gasteiger partial charge in [-0.05, 0) is 30.2 Å². The molecule has 6 nitrogen and oxygen atoms in total. The van der Waals surface area contributed by atoms with Gasteiger partial charge in [-0.1, -0.05) is 30.3 Å². The monoisotopic (exact) mass is 329 g/mol. The molecule has 24 heavy (non-hydrogen) atoms. The van der Waals surface area contributed by atoms with Gasteiger partial charge in [0.05, 0.1) is 7.11 Å². The van der Waals surface area contributed by atoms with Crippen LogP contribution >= 0.6 is 0 Å². The molecule has 0 saturated heterocycles. The van der Waals surface area contributed by atoms with Crippen molar-refractivity contribution >= 4 is 11.9 Å². The number of phenols is 1.